The maximum absolute atomic E-state index is 7.59. The van der Waals surface area contributed by atoms with Gasteiger partial charge in [0.15, 0.2) is 14.1 Å². The lowest BCUT2D eigenvalue weighted by Crippen LogP contribution is -2.54. The molecule has 3 aromatic carbocycles. The lowest BCUT2D eigenvalue weighted by atomic mass is 9.64. The van der Waals surface area contributed by atoms with Gasteiger partial charge >= 0.3 is 0 Å². The van der Waals surface area contributed by atoms with Gasteiger partial charge in [-0.05, 0) is 55.1 Å². The summed E-state index contributed by atoms with van der Waals surface area (Å²) in [6.07, 6.45) is 2.65. The van der Waals surface area contributed by atoms with Gasteiger partial charge in [0.2, 0.25) is 0 Å². The molecule has 0 unspecified atom stereocenters. The van der Waals surface area contributed by atoms with Crippen LogP contribution in [0.25, 0.3) is 0 Å². The van der Waals surface area contributed by atoms with Gasteiger partial charge in [-0.2, -0.15) is 0 Å². The Morgan fingerprint density at radius 3 is 1.56 bits per heavy atom. The molecule has 0 saturated carbocycles. The number of benzene rings is 3. The van der Waals surface area contributed by atoms with Crippen molar-refractivity contribution >= 4 is 8.32 Å². The van der Waals surface area contributed by atoms with Gasteiger partial charge in [0.25, 0.3) is 0 Å². The second-order valence-electron chi connectivity index (χ2n) is 13.0. The SMILES string of the molecule is CC[C@H]1C[C@H](C[C@H](O[Si](C)(C)C(C)(C)C)C(c2ccccc2)(c2ccccc2)c2ccccc2)OC(C)(C)O1. The van der Waals surface area contributed by atoms with Gasteiger partial charge in [0, 0.05) is 12.8 Å². The summed E-state index contributed by atoms with van der Waals surface area (Å²) in [6.45, 7) is 18.0. The van der Waals surface area contributed by atoms with E-state index in [1.807, 2.05) is 13.8 Å². The molecule has 0 radical (unpaired) electrons. The summed E-state index contributed by atoms with van der Waals surface area (Å²) in [5, 5.41) is 0.0583. The largest absolute Gasteiger partial charge is 0.412 e. The van der Waals surface area contributed by atoms with E-state index in [0.29, 0.717) is 0 Å². The van der Waals surface area contributed by atoms with Gasteiger partial charge in [-0.15, -0.1) is 0 Å². The van der Waals surface area contributed by atoms with E-state index in [2.05, 4.69) is 132 Å². The molecule has 1 saturated heterocycles. The third-order valence-corrected chi connectivity index (χ3v) is 13.3. The zero-order chi connectivity index (χ0) is 28.3. The first kappa shape index (κ1) is 29.7. The molecule has 210 valence electrons. The van der Waals surface area contributed by atoms with Crippen LogP contribution in [0, 0.1) is 0 Å². The van der Waals surface area contributed by atoms with Crippen molar-refractivity contribution in [3.05, 3.63) is 108 Å². The molecule has 1 aliphatic heterocycles. The van der Waals surface area contributed by atoms with Crippen LogP contribution in [0.3, 0.4) is 0 Å². The van der Waals surface area contributed by atoms with Gasteiger partial charge in [0.05, 0.1) is 23.7 Å². The van der Waals surface area contributed by atoms with Crippen LogP contribution in [0.15, 0.2) is 91.0 Å². The zero-order valence-corrected chi connectivity index (χ0v) is 26.2. The third kappa shape index (κ3) is 6.41. The fourth-order valence-corrected chi connectivity index (χ4v) is 7.20. The van der Waals surface area contributed by atoms with E-state index >= 15 is 0 Å². The van der Waals surface area contributed by atoms with Crippen LogP contribution in [0.4, 0.5) is 0 Å². The average Bonchev–Trinajstić information content (AvgIpc) is 2.89. The first-order valence-corrected chi connectivity index (χ1v) is 17.5. The van der Waals surface area contributed by atoms with E-state index in [0.717, 1.165) is 19.3 Å². The predicted octanol–water partition coefficient (Wildman–Crippen LogP) is 9.12. The van der Waals surface area contributed by atoms with Gasteiger partial charge in [-0.3, -0.25) is 0 Å². The highest BCUT2D eigenvalue weighted by Gasteiger charge is 2.51. The molecular formula is C35H48O3Si. The minimum atomic E-state index is -2.21. The summed E-state index contributed by atoms with van der Waals surface area (Å²) in [4.78, 5) is 0. The molecule has 1 heterocycles. The summed E-state index contributed by atoms with van der Waals surface area (Å²) in [5.41, 5.74) is 3.20. The molecule has 0 amide bonds. The van der Waals surface area contributed by atoms with Gasteiger partial charge in [-0.25, -0.2) is 0 Å². The topological polar surface area (TPSA) is 27.7 Å². The number of rotatable bonds is 9. The van der Waals surface area contributed by atoms with Crippen LogP contribution in [0.1, 0.15) is 77.5 Å². The van der Waals surface area contributed by atoms with Crippen LogP contribution in [0.5, 0.6) is 0 Å². The van der Waals surface area contributed by atoms with Crippen molar-refractivity contribution in [2.24, 2.45) is 0 Å². The molecule has 3 atom stereocenters. The van der Waals surface area contributed by atoms with Crippen LogP contribution in [0.2, 0.25) is 18.1 Å². The molecule has 0 N–H and O–H groups in total. The van der Waals surface area contributed by atoms with Crippen molar-refractivity contribution in [2.75, 3.05) is 0 Å². The van der Waals surface area contributed by atoms with E-state index in [-0.39, 0.29) is 23.4 Å². The standard InChI is InChI=1S/C35H48O3Si/c1-9-30-25-31(37-34(5,6)36-30)26-32(38-39(7,8)33(2,3)4)35(27-19-13-10-14-20-27,28-21-15-11-16-22-28)29-23-17-12-18-24-29/h10-24,30-32H,9,25-26H2,1-8H3/t30-,31+,32-/m0/s1. The highest BCUT2D eigenvalue weighted by Crippen LogP contribution is 2.49. The maximum Gasteiger partial charge on any atom is 0.192 e. The van der Waals surface area contributed by atoms with E-state index in [9.17, 15) is 0 Å². The van der Waals surface area contributed by atoms with Crippen molar-refractivity contribution in [2.45, 2.75) is 108 Å². The monoisotopic (exact) mass is 544 g/mol. The lowest BCUT2D eigenvalue weighted by Gasteiger charge is -2.50. The Balaban J connectivity index is 1.98. The van der Waals surface area contributed by atoms with Crippen molar-refractivity contribution < 1.29 is 13.9 Å². The second kappa shape index (κ2) is 11.7. The van der Waals surface area contributed by atoms with Gasteiger partial charge in [-0.1, -0.05) is 119 Å². The fourth-order valence-electron chi connectivity index (χ4n) is 5.86. The molecule has 1 fully saturated rings. The van der Waals surface area contributed by atoms with Crippen molar-refractivity contribution in [1.82, 2.24) is 0 Å². The van der Waals surface area contributed by atoms with Crippen molar-refractivity contribution in [3.63, 3.8) is 0 Å². The maximum atomic E-state index is 7.59. The Morgan fingerprint density at radius 2 is 1.18 bits per heavy atom. The summed E-state index contributed by atoms with van der Waals surface area (Å²) in [5.74, 6) is -0.625. The second-order valence-corrected chi connectivity index (χ2v) is 17.8. The Labute approximate surface area is 238 Å². The van der Waals surface area contributed by atoms with Gasteiger partial charge in [0.1, 0.15) is 0 Å². The van der Waals surface area contributed by atoms with Crippen molar-refractivity contribution in [3.8, 4) is 0 Å². The molecule has 39 heavy (non-hydrogen) atoms. The molecule has 0 spiro atoms. The lowest BCUT2D eigenvalue weighted by molar-refractivity contribution is -0.303. The van der Waals surface area contributed by atoms with E-state index in [1.54, 1.807) is 0 Å². The summed E-state index contributed by atoms with van der Waals surface area (Å²) < 4.78 is 20.5. The molecule has 3 aromatic rings. The van der Waals surface area contributed by atoms with Crippen LogP contribution >= 0.6 is 0 Å². The Bertz CT molecular complexity index is 1070. The molecule has 3 nitrogen and oxygen atoms in total. The van der Waals surface area contributed by atoms with E-state index < -0.39 is 19.5 Å². The first-order chi connectivity index (χ1) is 18.4. The molecule has 0 aliphatic carbocycles. The van der Waals surface area contributed by atoms with Crippen molar-refractivity contribution in [1.29, 1.82) is 0 Å². The zero-order valence-electron chi connectivity index (χ0n) is 25.2. The van der Waals surface area contributed by atoms with Crippen LogP contribution in [-0.4, -0.2) is 32.4 Å². The molecule has 4 heteroatoms. The highest BCUT2D eigenvalue weighted by molar-refractivity contribution is 6.74. The first-order valence-electron chi connectivity index (χ1n) is 14.6. The number of hydrogen-bond acceptors (Lipinski definition) is 3. The number of hydrogen-bond donors (Lipinski definition) is 0. The predicted molar refractivity (Wildman–Crippen MR) is 165 cm³/mol. The minimum Gasteiger partial charge on any atom is -0.412 e. The average molecular weight is 545 g/mol. The van der Waals surface area contributed by atoms with E-state index in [4.69, 9.17) is 13.9 Å². The third-order valence-electron chi connectivity index (χ3n) is 8.77. The molecular weight excluding hydrogens is 496 g/mol. The Morgan fingerprint density at radius 1 is 0.769 bits per heavy atom. The Hall–Kier alpha value is -2.24. The highest BCUT2D eigenvalue weighted by atomic mass is 28.4. The smallest absolute Gasteiger partial charge is 0.192 e. The number of ether oxygens (including phenoxy) is 2. The quantitative estimate of drug-likeness (QED) is 0.199. The molecule has 4 rings (SSSR count). The van der Waals surface area contributed by atoms with Crippen LogP contribution in [-0.2, 0) is 19.3 Å². The fraction of sp³-hybridized carbons (Fsp3) is 0.486. The molecule has 0 aromatic heterocycles. The van der Waals surface area contributed by atoms with Gasteiger partial charge < -0.3 is 13.9 Å². The molecule has 0 bridgehead atoms. The van der Waals surface area contributed by atoms with Crippen LogP contribution < -0.4 is 0 Å². The summed E-state index contributed by atoms with van der Waals surface area (Å²) >= 11 is 0. The van der Waals surface area contributed by atoms with E-state index in [1.165, 1.54) is 16.7 Å². The normalized spacial score (nSPS) is 20.9. The molecule has 1 aliphatic rings. The Kier molecular flexibility index (Phi) is 8.92. The minimum absolute atomic E-state index is 0.0176. The summed E-state index contributed by atoms with van der Waals surface area (Å²) in [6, 6.07) is 32.8. The summed E-state index contributed by atoms with van der Waals surface area (Å²) in [7, 11) is -2.21.